The van der Waals surface area contributed by atoms with Gasteiger partial charge < -0.3 is 4.90 Å². The third-order valence-electron chi connectivity index (χ3n) is 3.08. The zero-order chi connectivity index (χ0) is 13.1. The molecule has 4 nitrogen and oxygen atoms in total. The van der Waals surface area contributed by atoms with E-state index in [1.807, 2.05) is 6.92 Å². The summed E-state index contributed by atoms with van der Waals surface area (Å²) in [6.07, 6.45) is 7.73. The third-order valence-corrected chi connectivity index (χ3v) is 3.08. The lowest BCUT2D eigenvalue weighted by Crippen LogP contribution is -2.34. The van der Waals surface area contributed by atoms with E-state index in [1.54, 1.807) is 17.9 Å². The van der Waals surface area contributed by atoms with Crippen molar-refractivity contribution in [3.05, 3.63) is 23.0 Å². The molecule has 1 fully saturated rings. The van der Waals surface area contributed by atoms with Crippen LogP contribution in [-0.2, 0) is 0 Å². The summed E-state index contributed by atoms with van der Waals surface area (Å²) in [6.45, 7) is 4.74. The number of rotatable bonds is 4. The minimum Gasteiger partial charge on any atom is -0.327 e. The number of aromatic nitrogens is 2. The molecule has 0 atom stereocenters. The Morgan fingerprint density at radius 2 is 2.22 bits per heavy atom. The Balaban J connectivity index is 2.20. The van der Waals surface area contributed by atoms with Gasteiger partial charge in [0, 0.05) is 6.54 Å². The molecule has 0 bridgehead atoms. The summed E-state index contributed by atoms with van der Waals surface area (Å²) in [6, 6.07) is 1.78. The lowest BCUT2D eigenvalue weighted by atomic mass is 10.1. The maximum atomic E-state index is 12.4. The first-order valence-electron chi connectivity index (χ1n) is 6.15. The third kappa shape index (κ3) is 2.86. The monoisotopic (exact) mass is 243 g/mol. The van der Waals surface area contributed by atoms with Gasteiger partial charge in [-0.3, -0.25) is 4.79 Å². The quantitative estimate of drug-likeness (QED) is 0.754. The average molecular weight is 243 g/mol. The van der Waals surface area contributed by atoms with Crippen LogP contribution >= 0.6 is 0 Å². The van der Waals surface area contributed by atoms with E-state index in [0.717, 1.165) is 12.2 Å². The fraction of sp³-hybridized carbons (Fsp3) is 0.500. The van der Waals surface area contributed by atoms with Crippen LogP contribution in [0.4, 0.5) is 0 Å². The second kappa shape index (κ2) is 5.18. The van der Waals surface area contributed by atoms with Gasteiger partial charge in [0.1, 0.15) is 0 Å². The van der Waals surface area contributed by atoms with E-state index in [0.29, 0.717) is 23.7 Å². The second-order valence-electron chi connectivity index (χ2n) is 4.82. The maximum Gasteiger partial charge on any atom is 0.256 e. The fourth-order valence-corrected chi connectivity index (χ4v) is 1.88. The summed E-state index contributed by atoms with van der Waals surface area (Å²) in [5.41, 5.74) is 2.01. The van der Waals surface area contributed by atoms with Gasteiger partial charge in [0.25, 0.3) is 5.91 Å². The van der Waals surface area contributed by atoms with Gasteiger partial charge in [-0.25, -0.2) is 0 Å². The van der Waals surface area contributed by atoms with Crippen molar-refractivity contribution in [2.75, 3.05) is 13.1 Å². The molecule has 1 saturated carbocycles. The molecule has 18 heavy (non-hydrogen) atoms. The van der Waals surface area contributed by atoms with Gasteiger partial charge in [0.05, 0.1) is 23.5 Å². The van der Waals surface area contributed by atoms with Crippen molar-refractivity contribution in [1.82, 2.24) is 15.1 Å². The molecule has 4 heteroatoms. The molecule has 0 unspecified atom stereocenters. The van der Waals surface area contributed by atoms with Gasteiger partial charge in [0.15, 0.2) is 0 Å². The van der Waals surface area contributed by atoms with Crippen molar-refractivity contribution in [2.45, 2.75) is 26.7 Å². The van der Waals surface area contributed by atoms with Crippen molar-refractivity contribution in [3.63, 3.8) is 0 Å². The van der Waals surface area contributed by atoms with Gasteiger partial charge in [0.2, 0.25) is 0 Å². The van der Waals surface area contributed by atoms with Crippen LogP contribution in [0, 0.1) is 32.1 Å². The predicted molar refractivity (Wildman–Crippen MR) is 69.0 cm³/mol. The van der Waals surface area contributed by atoms with Gasteiger partial charge in [-0.05, 0) is 38.7 Å². The first kappa shape index (κ1) is 12.6. The molecule has 0 radical (unpaired) electrons. The minimum absolute atomic E-state index is 0.0321. The largest absolute Gasteiger partial charge is 0.327 e. The first-order valence-corrected chi connectivity index (χ1v) is 6.15. The Morgan fingerprint density at radius 1 is 1.50 bits per heavy atom. The van der Waals surface area contributed by atoms with Crippen LogP contribution < -0.4 is 0 Å². The van der Waals surface area contributed by atoms with E-state index < -0.39 is 0 Å². The molecule has 0 aliphatic heterocycles. The molecule has 2 rings (SSSR count). The average Bonchev–Trinajstić information content (AvgIpc) is 3.15. The van der Waals surface area contributed by atoms with Crippen LogP contribution in [0.25, 0.3) is 0 Å². The summed E-state index contributed by atoms with van der Waals surface area (Å²) in [4.78, 5) is 14.2. The highest BCUT2D eigenvalue weighted by molar-refractivity contribution is 5.95. The van der Waals surface area contributed by atoms with Gasteiger partial charge in [-0.2, -0.15) is 10.2 Å². The molecule has 1 aliphatic carbocycles. The van der Waals surface area contributed by atoms with Crippen LogP contribution in [0.15, 0.2) is 6.07 Å². The second-order valence-corrected chi connectivity index (χ2v) is 4.82. The Bertz CT molecular complexity index is 500. The molecule has 0 saturated heterocycles. The highest BCUT2D eigenvalue weighted by atomic mass is 16.2. The Labute approximate surface area is 107 Å². The van der Waals surface area contributed by atoms with E-state index in [2.05, 4.69) is 16.1 Å². The number of hydrogen-bond donors (Lipinski definition) is 0. The molecular weight excluding hydrogens is 226 g/mol. The fourth-order valence-electron chi connectivity index (χ4n) is 1.88. The van der Waals surface area contributed by atoms with Crippen LogP contribution in [0.1, 0.15) is 34.6 Å². The molecule has 0 aromatic carbocycles. The van der Waals surface area contributed by atoms with Crippen molar-refractivity contribution in [2.24, 2.45) is 5.92 Å². The maximum absolute atomic E-state index is 12.4. The summed E-state index contributed by atoms with van der Waals surface area (Å²) in [5, 5.41) is 7.93. The van der Waals surface area contributed by atoms with Crippen molar-refractivity contribution in [3.8, 4) is 12.3 Å². The van der Waals surface area contributed by atoms with Crippen LogP contribution in [0.2, 0.25) is 0 Å². The van der Waals surface area contributed by atoms with Crippen LogP contribution in [0.5, 0.6) is 0 Å². The van der Waals surface area contributed by atoms with Gasteiger partial charge in [-0.1, -0.05) is 5.92 Å². The molecule has 0 spiro atoms. The zero-order valence-corrected chi connectivity index (χ0v) is 10.8. The normalized spacial score (nSPS) is 14.1. The number of terminal acetylenes is 1. The standard InChI is InChI=1S/C14H17N3O/c1-4-7-17(9-12-5-6-12)14(18)13-8-10(2)15-16-11(13)3/h1,8,12H,5-7,9H2,2-3H3. The molecule has 1 aromatic rings. The zero-order valence-electron chi connectivity index (χ0n) is 10.8. The van der Waals surface area contributed by atoms with Crippen molar-refractivity contribution >= 4 is 5.91 Å². The molecule has 1 amide bonds. The summed E-state index contributed by atoms with van der Waals surface area (Å²) in [7, 11) is 0. The number of amides is 1. The number of carbonyl (C=O) groups is 1. The molecule has 94 valence electrons. The lowest BCUT2D eigenvalue weighted by molar-refractivity contribution is 0.0768. The number of nitrogens with zero attached hydrogens (tertiary/aromatic N) is 3. The minimum atomic E-state index is -0.0321. The SMILES string of the molecule is C#CCN(CC1CC1)C(=O)c1cc(C)nnc1C. The van der Waals surface area contributed by atoms with E-state index in [-0.39, 0.29) is 5.91 Å². The Kier molecular flexibility index (Phi) is 3.61. The van der Waals surface area contributed by atoms with Gasteiger partial charge in [-0.15, -0.1) is 6.42 Å². The Morgan fingerprint density at radius 3 is 2.83 bits per heavy atom. The number of hydrogen-bond acceptors (Lipinski definition) is 3. The number of aryl methyl sites for hydroxylation is 2. The molecule has 1 aliphatic rings. The molecular formula is C14H17N3O. The van der Waals surface area contributed by atoms with Gasteiger partial charge >= 0.3 is 0 Å². The van der Waals surface area contributed by atoms with E-state index in [4.69, 9.17) is 6.42 Å². The first-order chi connectivity index (χ1) is 8.61. The topological polar surface area (TPSA) is 46.1 Å². The van der Waals surface area contributed by atoms with E-state index in [9.17, 15) is 4.79 Å². The smallest absolute Gasteiger partial charge is 0.256 e. The van der Waals surface area contributed by atoms with Crippen LogP contribution in [0.3, 0.4) is 0 Å². The molecule has 1 aromatic heterocycles. The van der Waals surface area contributed by atoms with Crippen molar-refractivity contribution < 1.29 is 4.79 Å². The van der Waals surface area contributed by atoms with E-state index >= 15 is 0 Å². The Hall–Kier alpha value is -1.89. The van der Waals surface area contributed by atoms with Crippen LogP contribution in [-0.4, -0.2) is 34.1 Å². The molecule has 0 N–H and O–H groups in total. The number of carbonyl (C=O) groups excluding carboxylic acids is 1. The summed E-state index contributed by atoms with van der Waals surface area (Å²) in [5.74, 6) is 3.15. The van der Waals surface area contributed by atoms with E-state index in [1.165, 1.54) is 12.8 Å². The highest BCUT2D eigenvalue weighted by Crippen LogP contribution is 2.30. The summed E-state index contributed by atoms with van der Waals surface area (Å²) >= 11 is 0. The highest BCUT2D eigenvalue weighted by Gasteiger charge is 2.27. The lowest BCUT2D eigenvalue weighted by Gasteiger charge is -2.20. The molecule has 1 heterocycles. The predicted octanol–water partition coefficient (Wildman–Crippen LogP) is 1.58. The van der Waals surface area contributed by atoms with Crippen molar-refractivity contribution in [1.29, 1.82) is 0 Å². The summed E-state index contributed by atoms with van der Waals surface area (Å²) < 4.78 is 0.